The van der Waals surface area contributed by atoms with Gasteiger partial charge in [0.1, 0.15) is 0 Å². The number of halogens is 2. The van der Waals surface area contributed by atoms with E-state index in [0.29, 0.717) is 11.3 Å². The SMILES string of the molecule is CC(C)CN(C)c1ccc(C(=O)N2CCC3(CCNC3)CC2)cc1.Cl.Cl. The number of piperidine rings is 1. The maximum Gasteiger partial charge on any atom is 0.253 e. The molecule has 3 rings (SSSR count). The molecule has 4 nitrogen and oxygen atoms in total. The van der Waals surface area contributed by atoms with Gasteiger partial charge in [0.25, 0.3) is 5.91 Å². The van der Waals surface area contributed by atoms with E-state index in [0.717, 1.165) is 51.1 Å². The number of hydrogen-bond acceptors (Lipinski definition) is 3. The lowest BCUT2D eigenvalue weighted by Crippen LogP contribution is -2.44. The lowest BCUT2D eigenvalue weighted by Gasteiger charge is -2.39. The summed E-state index contributed by atoms with van der Waals surface area (Å²) < 4.78 is 0. The lowest BCUT2D eigenvalue weighted by atomic mass is 9.78. The summed E-state index contributed by atoms with van der Waals surface area (Å²) in [5, 5.41) is 3.48. The number of nitrogens with one attached hydrogen (secondary N) is 1. The molecule has 1 aromatic rings. The fourth-order valence-corrected chi connectivity index (χ4v) is 4.10. The van der Waals surface area contributed by atoms with Crippen molar-refractivity contribution >= 4 is 36.4 Å². The van der Waals surface area contributed by atoms with E-state index in [-0.39, 0.29) is 30.7 Å². The molecule has 0 unspecified atom stereocenters. The molecule has 2 saturated heterocycles. The minimum Gasteiger partial charge on any atom is -0.374 e. The van der Waals surface area contributed by atoms with Crippen LogP contribution in [0.15, 0.2) is 24.3 Å². The molecule has 2 heterocycles. The molecule has 1 N–H and O–H groups in total. The number of nitrogens with zero attached hydrogens (tertiary/aromatic N) is 2. The van der Waals surface area contributed by atoms with Gasteiger partial charge in [-0.1, -0.05) is 13.8 Å². The maximum absolute atomic E-state index is 12.8. The topological polar surface area (TPSA) is 35.6 Å². The van der Waals surface area contributed by atoms with Crippen molar-refractivity contribution < 1.29 is 4.79 Å². The highest BCUT2D eigenvalue weighted by molar-refractivity contribution is 5.94. The Labute approximate surface area is 170 Å². The average Bonchev–Trinajstić information content (AvgIpc) is 3.02. The molecule has 1 spiro atoms. The number of benzene rings is 1. The van der Waals surface area contributed by atoms with Gasteiger partial charge in [0.15, 0.2) is 0 Å². The summed E-state index contributed by atoms with van der Waals surface area (Å²) in [6.07, 6.45) is 3.55. The normalized spacial score (nSPS) is 18.4. The van der Waals surface area contributed by atoms with E-state index in [4.69, 9.17) is 0 Å². The van der Waals surface area contributed by atoms with E-state index >= 15 is 0 Å². The van der Waals surface area contributed by atoms with Crippen LogP contribution < -0.4 is 10.2 Å². The Morgan fingerprint density at radius 2 is 1.77 bits per heavy atom. The van der Waals surface area contributed by atoms with Crippen LogP contribution in [-0.4, -0.2) is 50.6 Å². The molecule has 0 aliphatic carbocycles. The van der Waals surface area contributed by atoms with Gasteiger partial charge in [-0.05, 0) is 61.4 Å². The number of hydrogen-bond donors (Lipinski definition) is 1. The summed E-state index contributed by atoms with van der Waals surface area (Å²) in [6, 6.07) is 8.11. The summed E-state index contributed by atoms with van der Waals surface area (Å²) in [6.45, 7) is 9.53. The van der Waals surface area contributed by atoms with Crippen molar-refractivity contribution in [3.05, 3.63) is 29.8 Å². The summed E-state index contributed by atoms with van der Waals surface area (Å²) >= 11 is 0. The molecular formula is C20H33Cl2N3O. The molecule has 2 aliphatic heterocycles. The lowest BCUT2D eigenvalue weighted by molar-refractivity contribution is 0.0607. The van der Waals surface area contributed by atoms with Crippen molar-refractivity contribution in [1.29, 1.82) is 0 Å². The van der Waals surface area contributed by atoms with Crippen molar-refractivity contribution in [3.8, 4) is 0 Å². The van der Waals surface area contributed by atoms with Crippen molar-refractivity contribution in [3.63, 3.8) is 0 Å². The largest absolute Gasteiger partial charge is 0.374 e. The van der Waals surface area contributed by atoms with E-state index < -0.39 is 0 Å². The average molecular weight is 402 g/mol. The van der Waals surface area contributed by atoms with Crippen LogP contribution in [0.1, 0.15) is 43.5 Å². The zero-order valence-electron chi connectivity index (χ0n) is 16.2. The molecule has 0 bridgehead atoms. The second-order valence-electron chi connectivity index (χ2n) is 8.04. The van der Waals surface area contributed by atoms with Gasteiger partial charge in [-0.3, -0.25) is 4.79 Å². The van der Waals surface area contributed by atoms with Crippen LogP contribution in [0.3, 0.4) is 0 Å². The van der Waals surface area contributed by atoms with Crippen molar-refractivity contribution in [2.24, 2.45) is 11.3 Å². The number of carbonyl (C=O) groups excluding carboxylic acids is 1. The molecular weight excluding hydrogens is 369 g/mol. The first-order valence-corrected chi connectivity index (χ1v) is 9.30. The van der Waals surface area contributed by atoms with Crippen molar-refractivity contribution in [2.45, 2.75) is 33.1 Å². The molecule has 6 heteroatoms. The third-order valence-corrected chi connectivity index (χ3v) is 5.64. The van der Waals surface area contributed by atoms with Crippen molar-refractivity contribution in [1.82, 2.24) is 10.2 Å². The van der Waals surface area contributed by atoms with Crippen LogP contribution in [0.5, 0.6) is 0 Å². The fraction of sp³-hybridized carbons (Fsp3) is 0.650. The van der Waals surface area contributed by atoms with Crippen LogP contribution >= 0.6 is 24.8 Å². The third kappa shape index (κ3) is 5.28. The first-order valence-electron chi connectivity index (χ1n) is 9.30. The molecule has 0 atom stereocenters. The number of anilines is 1. The Morgan fingerprint density at radius 3 is 2.27 bits per heavy atom. The fourth-order valence-electron chi connectivity index (χ4n) is 4.10. The Bertz CT molecular complexity index is 561. The van der Waals surface area contributed by atoms with Gasteiger partial charge >= 0.3 is 0 Å². The number of likely N-dealkylation sites (tertiary alicyclic amines) is 1. The number of carbonyl (C=O) groups is 1. The second kappa shape index (κ2) is 9.82. The number of rotatable bonds is 4. The summed E-state index contributed by atoms with van der Waals surface area (Å²) in [5.41, 5.74) is 2.45. The van der Waals surface area contributed by atoms with Gasteiger partial charge in [0.05, 0.1) is 0 Å². The van der Waals surface area contributed by atoms with Crippen LogP contribution in [-0.2, 0) is 0 Å². The molecule has 148 valence electrons. The third-order valence-electron chi connectivity index (χ3n) is 5.64. The van der Waals surface area contributed by atoms with Gasteiger partial charge in [-0.25, -0.2) is 0 Å². The Morgan fingerprint density at radius 1 is 1.15 bits per heavy atom. The van der Waals surface area contributed by atoms with Crippen molar-refractivity contribution in [2.75, 3.05) is 44.7 Å². The molecule has 0 radical (unpaired) electrons. The summed E-state index contributed by atoms with van der Waals surface area (Å²) in [5.74, 6) is 0.816. The van der Waals surface area contributed by atoms with Crippen LogP contribution in [0, 0.1) is 11.3 Å². The molecule has 1 amide bonds. The molecule has 0 saturated carbocycles. The zero-order chi connectivity index (χ0) is 17.2. The second-order valence-corrected chi connectivity index (χ2v) is 8.04. The van der Waals surface area contributed by atoms with E-state index in [9.17, 15) is 4.79 Å². The highest BCUT2D eigenvalue weighted by atomic mass is 35.5. The molecule has 26 heavy (non-hydrogen) atoms. The monoisotopic (exact) mass is 401 g/mol. The first kappa shape index (κ1) is 23.1. The predicted molar refractivity (Wildman–Crippen MR) is 114 cm³/mol. The maximum atomic E-state index is 12.8. The van der Waals surface area contributed by atoms with Gasteiger partial charge in [-0.15, -0.1) is 24.8 Å². The number of amides is 1. The first-order chi connectivity index (χ1) is 11.5. The van der Waals surface area contributed by atoms with Gasteiger partial charge < -0.3 is 15.1 Å². The predicted octanol–water partition coefficient (Wildman–Crippen LogP) is 3.84. The Balaban J connectivity index is 0.00000169. The van der Waals surface area contributed by atoms with Crippen LogP contribution in [0.2, 0.25) is 0 Å². The van der Waals surface area contributed by atoms with E-state index in [1.54, 1.807) is 0 Å². The summed E-state index contributed by atoms with van der Waals surface area (Å²) in [7, 11) is 2.11. The van der Waals surface area contributed by atoms with Crippen LogP contribution in [0.4, 0.5) is 5.69 Å². The minimum absolute atomic E-state index is 0. The molecule has 2 aliphatic rings. The van der Waals surface area contributed by atoms with Gasteiger partial charge in [-0.2, -0.15) is 0 Å². The highest BCUT2D eigenvalue weighted by Crippen LogP contribution is 2.37. The van der Waals surface area contributed by atoms with E-state index in [1.165, 1.54) is 12.1 Å². The van der Waals surface area contributed by atoms with Crippen LogP contribution in [0.25, 0.3) is 0 Å². The smallest absolute Gasteiger partial charge is 0.253 e. The molecule has 0 aromatic heterocycles. The Kier molecular flexibility index (Phi) is 8.71. The highest BCUT2D eigenvalue weighted by Gasteiger charge is 2.38. The standard InChI is InChI=1S/C20H31N3O.2ClH/c1-16(2)14-22(3)18-6-4-17(5-7-18)19(24)23-12-9-20(10-13-23)8-11-21-15-20;;/h4-7,16,21H,8-15H2,1-3H3;2*1H. The van der Waals surface area contributed by atoms with Gasteiger partial charge in [0.2, 0.25) is 0 Å². The summed E-state index contributed by atoms with van der Waals surface area (Å²) in [4.78, 5) is 17.0. The molecule has 2 fully saturated rings. The van der Waals surface area contributed by atoms with E-state index in [1.807, 2.05) is 17.0 Å². The minimum atomic E-state index is 0. The Hall–Kier alpha value is -0.970. The quantitative estimate of drug-likeness (QED) is 0.831. The zero-order valence-corrected chi connectivity index (χ0v) is 17.8. The molecule has 1 aromatic carbocycles. The van der Waals surface area contributed by atoms with E-state index in [2.05, 4.69) is 43.2 Å². The van der Waals surface area contributed by atoms with Gasteiger partial charge in [0, 0.05) is 44.5 Å².